The third kappa shape index (κ3) is 3.04. The number of thiazole rings is 1. The Morgan fingerprint density at radius 1 is 1.06 bits per heavy atom. The highest BCUT2D eigenvalue weighted by atomic mass is 32.1. The molecule has 1 amide bonds. The lowest BCUT2D eigenvalue weighted by atomic mass is 9.98. The number of carbonyl (C=O) groups is 1. The number of hydrogen-bond acceptors (Lipinski definition) is 6. The monoisotopic (exact) mass is 468 g/mol. The van der Waals surface area contributed by atoms with Crippen LogP contribution in [0.25, 0.3) is 21.2 Å². The van der Waals surface area contributed by atoms with Crippen molar-refractivity contribution in [1.82, 2.24) is 4.98 Å². The first-order chi connectivity index (χ1) is 16.6. The molecule has 0 spiro atoms. The third-order valence-corrected chi connectivity index (χ3v) is 7.28. The Balaban J connectivity index is 1.60. The van der Waals surface area contributed by atoms with Gasteiger partial charge < -0.3 is 9.15 Å². The van der Waals surface area contributed by atoms with E-state index in [1.165, 1.54) is 16.9 Å². The second kappa shape index (κ2) is 7.81. The summed E-state index contributed by atoms with van der Waals surface area (Å²) in [7, 11) is 1.60. The minimum atomic E-state index is -0.652. The molecule has 6 nitrogen and oxygen atoms in total. The van der Waals surface area contributed by atoms with Gasteiger partial charge in [-0.25, -0.2) is 4.98 Å². The lowest BCUT2D eigenvalue weighted by Crippen LogP contribution is -2.29. The van der Waals surface area contributed by atoms with Crippen LogP contribution in [0.4, 0.5) is 5.13 Å². The van der Waals surface area contributed by atoms with Crippen molar-refractivity contribution < 1.29 is 13.9 Å². The maximum absolute atomic E-state index is 13.7. The number of para-hydroxylation sites is 1. The summed E-state index contributed by atoms with van der Waals surface area (Å²) in [5, 5.41) is 0.982. The first kappa shape index (κ1) is 20.6. The number of carbonyl (C=O) groups excluding carboxylic acids is 1. The van der Waals surface area contributed by atoms with E-state index in [2.05, 4.69) is 13.0 Å². The molecular formula is C27H20N2O4S. The van der Waals surface area contributed by atoms with Crippen molar-refractivity contribution in [3.63, 3.8) is 0 Å². The van der Waals surface area contributed by atoms with E-state index in [0.29, 0.717) is 27.4 Å². The molecule has 168 valence electrons. The summed E-state index contributed by atoms with van der Waals surface area (Å²) in [5.41, 5.74) is 3.33. The van der Waals surface area contributed by atoms with Gasteiger partial charge in [-0.1, -0.05) is 48.6 Å². The summed E-state index contributed by atoms with van der Waals surface area (Å²) in [5.74, 6) is 0.393. The van der Waals surface area contributed by atoms with E-state index in [1.54, 1.807) is 36.3 Å². The molecule has 0 radical (unpaired) electrons. The van der Waals surface area contributed by atoms with E-state index in [1.807, 2.05) is 36.4 Å². The van der Waals surface area contributed by atoms with E-state index >= 15 is 0 Å². The van der Waals surface area contributed by atoms with Crippen LogP contribution in [-0.2, 0) is 6.42 Å². The van der Waals surface area contributed by atoms with Gasteiger partial charge in [0.15, 0.2) is 10.6 Å². The van der Waals surface area contributed by atoms with Crippen molar-refractivity contribution in [2.75, 3.05) is 12.0 Å². The average Bonchev–Trinajstić information content (AvgIpc) is 3.42. The molecule has 1 atom stereocenters. The maximum Gasteiger partial charge on any atom is 0.297 e. The van der Waals surface area contributed by atoms with Gasteiger partial charge in [-0.3, -0.25) is 14.5 Å². The van der Waals surface area contributed by atoms with Gasteiger partial charge in [0.05, 0.1) is 34.3 Å². The van der Waals surface area contributed by atoms with Crippen molar-refractivity contribution in [3.8, 4) is 5.75 Å². The lowest BCUT2D eigenvalue weighted by molar-refractivity contribution is 0.0971. The highest BCUT2D eigenvalue weighted by Gasteiger charge is 2.45. The first-order valence-electron chi connectivity index (χ1n) is 11.0. The van der Waals surface area contributed by atoms with Crippen molar-refractivity contribution in [1.29, 1.82) is 0 Å². The molecule has 34 heavy (non-hydrogen) atoms. The maximum atomic E-state index is 13.7. The van der Waals surface area contributed by atoms with Crippen LogP contribution < -0.4 is 15.1 Å². The molecule has 0 saturated heterocycles. The van der Waals surface area contributed by atoms with Crippen LogP contribution in [0.2, 0.25) is 0 Å². The number of hydrogen-bond donors (Lipinski definition) is 0. The molecule has 3 aromatic carbocycles. The number of rotatable bonds is 4. The van der Waals surface area contributed by atoms with Gasteiger partial charge in [-0.15, -0.1) is 0 Å². The highest BCUT2D eigenvalue weighted by Crippen LogP contribution is 2.43. The largest absolute Gasteiger partial charge is 0.497 e. The second-order valence-electron chi connectivity index (χ2n) is 8.17. The standard InChI is InChI=1S/C27H20N2O4S/c1-3-15-8-13-19-21(14-15)34-27(28-19)29-23(16-9-11-17(32-2)12-10-16)22-24(30)18-6-4-5-7-20(18)33-25(22)26(29)31/h4-14,23H,3H2,1-2H3. The van der Waals surface area contributed by atoms with Crippen LogP contribution in [0.15, 0.2) is 75.9 Å². The zero-order valence-corrected chi connectivity index (χ0v) is 19.4. The van der Waals surface area contributed by atoms with Gasteiger partial charge in [0, 0.05) is 0 Å². The lowest BCUT2D eigenvalue weighted by Gasteiger charge is -2.22. The molecule has 0 aliphatic carbocycles. The molecule has 0 N–H and O–H groups in total. The number of benzene rings is 3. The van der Waals surface area contributed by atoms with Crippen LogP contribution in [0.5, 0.6) is 5.75 Å². The molecule has 0 fully saturated rings. The Bertz CT molecular complexity index is 1630. The zero-order chi connectivity index (χ0) is 23.4. The summed E-state index contributed by atoms with van der Waals surface area (Å²) >= 11 is 1.44. The Kier molecular flexibility index (Phi) is 4.74. The van der Waals surface area contributed by atoms with Crippen LogP contribution in [0.3, 0.4) is 0 Å². The number of methoxy groups -OCH3 is 1. The Labute approximate surface area is 199 Å². The molecule has 0 bridgehead atoms. The van der Waals surface area contributed by atoms with Crippen LogP contribution in [0.1, 0.15) is 40.2 Å². The fourth-order valence-corrected chi connectivity index (χ4v) is 5.55. The van der Waals surface area contributed by atoms with Gasteiger partial charge in [0.2, 0.25) is 5.76 Å². The molecule has 5 aromatic rings. The second-order valence-corrected chi connectivity index (χ2v) is 9.18. The zero-order valence-electron chi connectivity index (χ0n) is 18.6. The predicted molar refractivity (Wildman–Crippen MR) is 133 cm³/mol. The van der Waals surface area contributed by atoms with Crippen molar-refractivity contribution in [3.05, 3.63) is 99.4 Å². The first-order valence-corrected chi connectivity index (χ1v) is 11.8. The van der Waals surface area contributed by atoms with E-state index < -0.39 is 6.04 Å². The smallest absolute Gasteiger partial charge is 0.297 e. The van der Waals surface area contributed by atoms with Gasteiger partial charge in [-0.05, 0) is 53.9 Å². The van der Waals surface area contributed by atoms with Gasteiger partial charge in [0.1, 0.15) is 11.3 Å². The fourth-order valence-electron chi connectivity index (χ4n) is 4.50. The molecule has 3 heterocycles. The highest BCUT2D eigenvalue weighted by molar-refractivity contribution is 7.22. The van der Waals surface area contributed by atoms with Crippen LogP contribution in [-0.4, -0.2) is 18.0 Å². The summed E-state index contributed by atoms with van der Waals surface area (Å²) in [6.45, 7) is 2.10. The van der Waals surface area contributed by atoms with Crippen molar-refractivity contribution >= 4 is 43.6 Å². The number of aryl methyl sites for hydroxylation is 1. The molecule has 0 saturated carbocycles. The summed E-state index contributed by atoms with van der Waals surface area (Å²) in [6.07, 6.45) is 0.913. The summed E-state index contributed by atoms with van der Waals surface area (Å²) in [6, 6.07) is 19.9. The summed E-state index contributed by atoms with van der Waals surface area (Å²) in [4.78, 5) is 33.7. The molecule has 6 rings (SSSR count). The molecular weight excluding hydrogens is 448 g/mol. The Hall–Kier alpha value is -3.97. The number of aromatic nitrogens is 1. The number of ether oxygens (including phenoxy) is 1. The topological polar surface area (TPSA) is 72.6 Å². The van der Waals surface area contributed by atoms with Crippen LogP contribution >= 0.6 is 11.3 Å². The van der Waals surface area contributed by atoms with Crippen LogP contribution in [0, 0.1) is 0 Å². The quantitative estimate of drug-likeness (QED) is 0.337. The third-order valence-electron chi connectivity index (χ3n) is 6.27. The number of nitrogens with zero attached hydrogens (tertiary/aromatic N) is 2. The minimum absolute atomic E-state index is 0.0676. The van der Waals surface area contributed by atoms with Crippen molar-refractivity contribution in [2.45, 2.75) is 19.4 Å². The number of anilines is 1. The Morgan fingerprint density at radius 2 is 1.85 bits per heavy atom. The number of fused-ring (bicyclic) bond motifs is 3. The predicted octanol–water partition coefficient (Wildman–Crippen LogP) is 5.72. The normalized spacial score (nSPS) is 15.3. The molecule has 2 aromatic heterocycles. The summed E-state index contributed by atoms with van der Waals surface area (Å²) < 4.78 is 12.3. The minimum Gasteiger partial charge on any atom is -0.497 e. The van der Waals surface area contributed by atoms with Gasteiger partial charge in [0.25, 0.3) is 5.91 Å². The Morgan fingerprint density at radius 3 is 2.62 bits per heavy atom. The van der Waals surface area contributed by atoms with E-state index in [-0.39, 0.29) is 17.1 Å². The van der Waals surface area contributed by atoms with Gasteiger partial charge in [-0.2, -0.15) is 0 Å². The van der Waals surface area contributed by atoms with E-state index in [9.17, 15) is 9.59 Å². The van der Waals surface area contributed by atoms with Crippen molar-refractivity contribution in [2.24, 2.45) is 0 Å². The SMILES string of the molecule is CCc1ccc2nc(N3C(=O)c4oc5ccccc5c(=O)c4C3c3ccc(OC)cc3)sc2c1. The molecule has 7 heteroatoms. The molecule has 1 aliphatic rings. The van der Waals surface area contributed by atoms with Gasteiger partial charge >= 0.3 is 0 Å². The van der Waals surface area contributed by atoms with E-state index in [0.717, 1.165) is 22.2 Å². The number of amides is 1. The fraction of sp³-hybridized carbons (Fsp3) is 0.148. The van der Waals surface area contributed by atoms with E-state index in [4.69, 9.17) is 14.1 Å². The average molecular weight is 469 g/mol. The molecule has 1 aliphatic heterocycles. The molecule has 1 unspecified atom stereocenters.